The molecular weight excluding hydrogens is 328 g/mol. The minimum Gasteiger partial charge on any atom is -0.484 e. The number of amides is 1. The summed E-state index contributed by atoms with van der Waals surface area (Å²) in [5.41, 5.74) is 0. The molecule has 0 aliphatic carbocycles. The molecule has 3 nitrogen and oxygen atoms in total. The highest BCUT2D eigenvalue weighted by Gasteiger charge is 2.01. The van der Waals surface area contributed by atoms with E-state index in [0.717, 1.165) is 4.43 Å². The minimum absolute atomic E-state index is 0.0248. The molecular formula is C10H11ClINO2. The summed E-state index contributed by atoms with van der Waals surface area (Å²) < 4.78 is 6.14. The summed E-state index contributed by atoms with van der Waals surface area (Å²) in [7, 11) is 0. The number of rotatable bonds is 5. The van der Waals surface area contributed by atoms with Gasteiger partial charge >= 0.3 is 0 Å². The Morgan fingerprint density at radius 2 is 2.33 bits per heavy atom. The quantitative estimate of drug-likeness (QED) is 0.660. The van der Waals surface area contributed by atoms with Crippen LogP contribution >= 0.6 is 34.2 Å². The van der Waals surface area contributed by atoms with Gasteiger partial charge in [0.1, 0.15) is 5.75 Å². The smallest absolute Gasteiger partial charge is 0.257 e. The van der Waals surface area contributed by atoms with Crippen molar-refractivity contribution in [1.29, 1.82) is 0 Å². The molecule has 0 heterocycles. The van der Waals surface area contributed by atoms with Crippen LogP contribution in [0.3, 0.4) is 0 Å². The molecule has 1 aromatic carbocycles. The van der Waals surface area contributed by atoms with Crippen molar-refractivity contribution in [3.8, 4) is 5.75 Å². The van der Waals surface area contributed by atoms with Crippen molar-refractivity contribution >= 4 is 40.1 Å². The van der Waals surface area contributed by atoms with E-state index in [0.29, 0.717) is 17.3 Å². The Bertz CT molecular complexity index is 333. The van der Waals surface area contributed by atoms with Crippen LogP contribution in [-0.4, -0.2) is 23.5 Å². The normalized spacial score (nSPS) is 9.73. The number of carbonyl (C=O) groups excluding carboxylic acids is 1. The van der Waals surface area contributed by atoms with Gasteiger partial charge in [-0.15, -0.1) is 0 Å². The van der Waals surface area contributed by atoms with Crippen molar-refractivity contribution in [2.24, 2.45) is 0 Å². The number of carbonyl (C=O) groups is 1. The molecule has 0 radical (unpaired) electrons. The van der Waals surface area contributed by atoms with E-state index in [1.54, 1.807) is 24.3 Å². The lowest BCUT2D eigenvalue weighted by molar-refractivity contribution is -0.122. The molecule has 0 atom stereocenters. The van der Waals surface area contributed by atoms with Crippen LogP contribution in [0, 0.1) is 0 Å². The molecule has 0 saturated heterocycles. The summed E-state index contributed by atoms with van der Waals surface area (Å²) in [5, 5.41) is 3.31. The average molecular weight is 340 g/mol. The van der Waals surface area contributed by atoms with E-state index in [2.05, 4.69) is 27.9 Å². The van der Waals surface area contributed by atoms with Crippen LogP contribution in [-0.2, 0) is 4.79 Å². The van der Waals surface area contributed by atoms with Crippen molar-refractivity contribution in [3.63, 3.8) is 0 Å². The molecule has 0 fully saturated rings. The van der Waals surface area contributed by atoms with E-state index in [1.165, 1.54) is 0 Å². The number of halogens is 2. The van der Waals surface area contributed by atoms with Gasteiger partial charge in [0.25, 0.3) is 5.91 Å². The second-order valence-corrected chi connectivity index (χ2v) is 4.30. The topological polar surface area (TPSA) is 38.3 Å². The molecule has 0 aliphatic rings. The van der Waals surface area contributed by atoms with Crippen molar-refractivity contribution < 1.29 is 9.53 Å². The van der Waals surface area contributed by atoms with Crippen LogP contribution in [0.15, 0.2) is 24.3 Å². The molecule has 0 aliphatic heterocycles. The zero-order valence-corrected chi connectivity index (χ0v) is 10.9. The Morgan fingerprint density at radius 1 is 1.53 bits per heavy atom. The Labute approximate surface area is 107 Å². The van der Waals surface area contributed by atoms with Crippen LogP contribution in [0.4, 0.5) is 0 Å². The molecule has 1 rings (SSSR count). The summed E-state index contributed by atoms with van der Waals surface area (Å²) in [6, 6.07) is 6.97. The first-order valence-corrected chi connectivity index (χ1v) is 6.34. The van der Waals surface area contributed by atoms with Gasteiger partial charge in [0.05, 0.1) is 0 Å². The summed E-state index contributed by atoms with van der Waals surface area (Å²) in [6.45, 7) is 0.690. The molecule has 1 aromatic rings. The van der Waals surface area contributed by atoms with Crippen molar-refractivity contribution in [2.45, 2.75) is 0 Å². The van der Waals surface area contributed by atoms with Gasteiger partial charge in [-0.25, -0.2) is 0 Å². The van der Waals surface area contributed by atoms with E-state index < -0.39 is 0 Å². The molecule has 0 spiro atoms. The summed E-state index contributed by atoms with van der Waals surface area (Å²) >= 11 is 7.95. The molecule has 0 unspecified atom stereocenters. The van der Waals surface area contributed by atoms with Gasteiger partial charge in [-0.05, 0) is 18.2 Å². The number of ether oxygens (including phenoxy) is 1. The second kappa shape index (κ2) is 6.90. The van der Waals surface area contributed by atoms with Gasteiger partial charge in [-0.1, -0.05) is 40.3 Å². The molecule has 0 aromatic heterocycles. The first-order chi connectivity index (χ1) is 7.22. The highest BCUT2D eigenvalue weighted by Crippen LogP contribution is 2.16. The molecule has 0 saturated carbocycles. The summed E-state index contributed by atoms with van der Waals surface area (Å²) in [6.07, 6.45) is 0. The molecule has 1 N–H and O–H groups in total. The average Bonchev–Trinajstić information content (AvgIpc) is 2.23. The third-order valence-electron chi connectivity index (χ3n) is 1.58. The van der Waals surface area contributed by atoms with E-state index in [9.17, 15) is 4.79 Å². The fourth-order valence-corrected chi connectivity index (χ4v) is 1.39. The molecule has 15 heavy (non-hydrogen) atoms. The van der Waals surface area contributed by atoms with Gasteiger partial charge in [0.2, 0.25) is 0 Å². The third-order valence-corrected chi connectivity index (χ3v) is 2.36. The Hall–Kier alpha value is -0.490. The van der Waals surface area contributed by atoms with E-state index in [4.69, 9.17) is 16.3 Å². The standard InChI is InChI=1S/C10H11ClINO2/c11-8-2-1-3-9(6-8)15-7-10(14)13-5-4-12/h1-3,6H,4-5,7H2,(H,13,14). The minimum atomic E-state index is -0.119. The maximum atomic E-state index is 11.2. The van der Waals surface area contributed by atoms with Crippen LogP contribution in [0.2, 0.25) is 5.02 Å². The van der Waals surface area contributed by atoms with E-state index in [-0.39, 0.29) is 12.5 Å². The number of alkyl halides is 1. The molecule has 0 bridgehead atoms. The Balaban J connectivity index is 2.33. The van der Waals surface area contributed by atoms with Gasteiger partial charge in [-0.2, -0.15) is 0 Å². The van der Waals surface area contributed by atoms with Gasteiger partial charge < -0.3 is 10.1 Å². The number of benzene rings is 1. The van der Waals surface area contributed by atoms with Crippen LogP contribution in [0.25, 0.3) is 0 Å². The van der Waals surface area contributed by atoms with Gasteiger partial charge in [-0.3, -0.25) is 4.79 Å². The molecule has 1 amide bonds. The maximum absolute atomic E-state index is 11.2. The predicted molar refractivity (Wildman–Crippen MR) is 68.8 cm³/mol. The van der Waals surface area contributed by atoms with Crippen molar-refractivity contribution in [3.05, 3.63) is 29.3 Å². The number of hydrogen-bond donors (Lipinski definition) is 1. The highest BCUT2D eigenvalue weighted by molar-refractivity contribution is 14.1. The molecule has 5 heteroatoms. The zero-order chi connectivity index (χ0) is 11.1. The van der Waals surface area contributed by atoms with E-state index in [1.807, 2.05) is 0 Å². The Kier molecular flexibility index (Phi) is 5.78. The highest BCUT2D eigenvalue weighted by atomic mass is 127. The van der Waals surface area contributed by atoms with Crippen LogP contribution in [0.5, 0.6) is 5.75 Å². The largest absolute Gasteiger partial charge is 0.484 e. The number of nitrogens with one attached hydrogen (secondary N) is 1. The SMILES string of the molecule is O=C(COc1cccc(Cl)c1)NCCI. The monoisotopic (exact) mass is 339 g/mol. The first kappa shape index (κ1) is 12.6. The summed E-state index contributed by atoms with van der Waals surface area (Å²) in [5.74, 6) is 0.485. The molecule has 82 valence electrons. The number of hydrogen-bond acceptors (Lipinski definition) is 2. The Morgan fingerprint density at radius 3 is 3.00 bits per heavy atom. The third kappa shape index (κ3) is 5.22. The first-order valence-electron chi connectivity index (χ1n) is 4.43. The van der Waals surface area contributed by atoms with Crippen LogP contribution in [0.1, 0.15) is 0 Å². The van der Waals surface area contributed by atoms with Gasteiger partial charge in [0.15, 0.2) is 6.61 Å². The fourth-order valence-electron chi connectivity index (χ4n) is 0.943. The summed E-state index contributed by atoms with van der Waals surface area (Å²) in [4.78, 5) is 11.2. The zero-order valence-electron chi connectivity index (χ0n) is 8.00. The lowest BCUT2D eigenvalue weighted by Crippen LogP contribution is -2.30. The van der Waals surface area contributed by atoms with Gasteiger partial charge in [0, 0.05) is 16.0 Å². The maximum Gasteiger partial charge on any atom is 0.257 e. The fraction of sp³-hybridized carbons (Fsp3) is 0.300. The lowest BCUT2D eigenvalue weighted by atomic mass is 10.3. The van der Waals surface area contributed by atoms with Crippen molar-refractivity contribution in [2.75, 3.05) is 17.6 Å². The lowest BCUT2D eigenvalue weighted by Gasteiger charge is -2.06. The second-order valence-electron chi connectivity index (χ2n) is 2.78. The van der Waals surface area contributed by atoms with Crippen LogP contribution < -0.4 is 10.1 Å². The van der Waals surface area contributed by atoms with Crippen molar-refractivity contribution in [1.82, 2.24) is 5.32 Å². The van der Waals surface area contributed by atoms with E-state index >= 15 is 0 Å². The predicted octanol–water partition coefficient (Wildman–Crippen LogP) is 2.27.